The van der Waals surface area contributed by atoms with Crippen molar-refractivity contribution in [2.45, 2.75) is 25.3 Å². The topological polar surface area (TPSA) is 3.24 Å². The second-order valence-electron chi connectivity index (χ2n) is 4.67. The molecule has 2 bridgehead atoms. The van der Waals surface area contributed by atoms with Crippen LogP contribution < -0.4 is 0 Å². The van der Waals surface area contributed by atoms with Crippen molar-refractivity contribution in [2.24, 2.45) is 17.8 Å². The summed E-state index contributed by atoms with van der Waals surface area (Å²) in [6.07, 6.45) is 4.35. The van der Waals surface area contributed by atoms with E-state index in [1.54, 1.807) is 0 Å². The molecule has 0 N–H and O–H groups in total. The molecule has 12 heavy (non-hydrogen) atoms. The third-order valence-electron chi connectivity index (χ3n) is 4.28. The van der Waals surface area contributed by atoms with Gasteiger partial charge in [0.15, 0.2) is 0 Å². The first-order chi connectivity index (χ1) is 5.90. The van der Waals surface area contributed by atoms with Crippen LogP contribution in [-0.4, -0.2) is 30.7 Å². The highest BCUT2D eigenvalue weighted by Crippen LogP contribution is 2.55. The van der Waals surface area contributed by atoms with Gasteiger partial charge in [-0.05, 0) is 37.0 Å². The van der Waals surface area contributed by atoms with Gasteiger partial charge in [0.05, 0.1) is 0 Å². The van der Waals surface area contributed by atoms with Crippen LogP contribution in [0.25, 0.3) is 0 Å². The van der Waals surface area contributed by atoms with E-state index in [4.69, 9.17) is 0 Å². The van der Waals surface area contributed by atoms with Crippen molar-refractivity contribution in [1.29, 1.82) is 0 Å². The molecule has 68 valence electrons. The van der Waals surface area contributed by atoms with Crippen LogP contribution in [-0.2, 0) is 0 Å². The first kappa shape index (κ1) is 7.31. The van der Waals surface area contributed by atoms with Crippen LogP contribution in [0.5, 0.6) is 0 Å². The number of fused-ring (bicyclic) bond motifs is 5. The minimum absolute atomic E-state index is 0.152. The zero-order valence-corrected chi connectivity index (χ0v) is 7.38. The molecule has 4 unspecified atom stereocenters. The SMILES string of the molecule is FCCN1CC2C3CCC(C3)C21. The third-order valence-corrected chi connectivity index (χ3v) is 4.28. The summed E-state index contributed by atoms with van der Waals surface area (Å²) in [6, 6.07) is 0.805. The molecular weight excluding hydrogens is 153 g/mol. The fourth-order valence-corrected chi connectivity index (χ4v) is 3.81. The largest absolute Gasteiger partial charge is 0.297 e. The standard InChI is InChI=1S/C10H16FN/c11-3-4-12-6-9-7-1-2-8(5-7)10(9)12/h7-10H,1-6H2. The second-order valence-corrected chi connectivity index (χ2v) is 4.67. The van der Waals surface area contributed by atoms with Gasteiger partial charge in [0.2, 0.25) is 0 Å². The zero-order valence-electron chi connectivity index (χ0n) is 7.38. The monoisotopic (exact) mass is 169 g/mol. The Hall–Kier alpha value is -0.110. The number of likely N-dealkylation sites (tertiary alicyclic amines) is 1. The summed E-state index contributed by atoms with van der Waals surface area (Å²) in [5.74, 6) is 2.94. The van der Waals surface area contributed by atoms with Crippen LogP contribution >= 0.6 is 0 Å². The zero-order chi connectivity index (χ0) is 8.13. The highest BCUT2D eigenvalue weighted by atomic mass is 19.1. The fraction of sp³-hybridized carbons (Fsp3) is 1.00. The van der Waals surface area contributed by atoms with Crippen LogP contribution in [0.3, 0.4) is 0 Å². The number of nitrogens with zero attached hydrogens (tertiary/aromatic N) is 1. The molecule has 0 aromatic carbocycles. The van der Waals surface area contributed by atoms with Crippen LogP contribution in [0.2, 0.25) is 0 Å². The quantitative estimate of drug-likeness (QED) is 0.608. The molecule has 1 nitrogen and oxygen atoms in total. The summed E-state index contributed by atoms with van der Waals surface area (Å²) in [5.41, 5.74) is 0. The molecule has 3 fully saturated rings. The van der Waals surface area contributed by atoms with Gasteiger partial charge < -0.3 is 0 Å². The van der Waals surface area contributed by atoms with Crippen molar-refractivity contribution in [3.05, 3.63) is 0 Å². The molecule has 0 radical (unpaired) electrons. The van der Waals surface area contributed by atoms with E-state index >= 15 is 0 Å². The van der Waals surface area contributed by atoms with Gasteiger partial charge in [-0.15, -0.1) is 0 Å². The van der Waals surface area contributed by atoms with E-state index in [2.05, 4.69) is 4.90 Å². The van der Waals surface area contributed by atoms with Crippen molar-refractivity contribution in [3.63, 3.8) is 0 Å². The molecular formula is C10H16FN. The van der Waals surface area contributed by atoms with E-state index in [1.165, 1.54) is 25.8 Å². The van der Waals surface area contributed by atoms with Gasteiger partial charge in [0, 0.05) is 19.1 Å². The predicted molar refractivity (Wildman–Crippen MR) is 45.7 cm³/mol. The minimum Gasteiger partial charge on any atom is -0.297 e. The Morgan fingerprint density at radius 2 is 2.08 bits per heavy atom. The number of hydrogen-bond donors (Lipinski definition) is 0. The van der Waals surface area contributed by atoms with Gasteiger partial charge in [0.25, 0.3) is 0 Å². The Labute approximate surface area is 72.9 Å². The van der Waals surface area contributed by atoms with E-state index < -0.39 is 0 Å². The number of alkyl halides is 1. The molecule has 2 aliphatic carbocycles. The first-order valence-electron chi connectivity index (χ1n) is 5.20. The number of halogens is 1. The maximum absolute atomic E-state index is 12.1. The molecule has 0 spiro atoms. The van der Waals surface area contributed by atoms with Crippen molar-refractivity contribution in [2.75, 3.05) is 19.8 Å². The Morgan fingerprint density at radius 3 is 2.83 bits per heavy atom. The Bertz CT molecular complexity index is 192. The van der Waals surface area contributed by atoms with Crippen molar-refractivity contribution in [1.82, 2.24) is 4.90 Å². The van der Waals surface area contributed by atoms with Crippen molar-refractivity contribution in [3.8, 4) is 0 Å². The summed E-state index contributed by atoms with van der Waals surface area (Å²) in [7, 11) is 0. The molecule has 0 amide bonds. The molecule has 2 heteroatoms. The molecule has 0 aromatic rings. The average molecular weight is 169 g/mol. The summed E-state index contributed by atoms with van der Waals surface area (Å²) in [6.45, 7) is 1.75. The Kier molecular flexibility index (Phi) is 1.49. The smallest absolute Gasteiger partial charge is 0.102 e. The van der Waals surface area contributed by atoms with Gasteiger partial charge in [-0.2, -0.15) is 0 Å². The van der Waals surface area contributed by atoms with Crippen LogP contribution in [0.1, 0.15) is 19.3 Å². The number of hydrogen-bond acceptors (Lipinski definition) is 1. The Morgan fingerprint density at radius 1 is 1.25 bits per heavy atom. The third kappa shape index (κ3) is 0.769. The van der Waals surface area contributed by atoms with Crippen molar-refractivity contribution >= 4 is 0 Å². The van der Waals surface area contributed by atoms with E-state index in [0.29, 0.717) is 6.54 Å². The second kappa shape index (κ2) is 2.44. The summed E-state index contributed by atoms with van der Waals surface area (Å²) in [5, 5.41) is 0. The molecule has 4 atom stereocenters. The van der Waals surface area contributed by atoms with Crippen LogP contribution in [0.15, 0.2) is 0 Å². The molecule has 1 aliphatic heterocycles. The van der Waals surface area contributed by atoms with Gasteiger partial charge in [0.1, 0.15) is 6.67 Å². The van der Waals surface area contributed by atoms with E-state index in [0.717, 1.165) is 23.8 Å². The molecule has 1 saturated heterocycles. The summed E-state index contributed by atoms with van der Waals surface area (Å²) in [4.78, 5) is 2.37. The summed E-state index contributed by atoms with van der Waals surface area (Å²) < 4.78 is 12.1. The number of rotatable bonds is 2. The van der Waals surface area contributed by atoms with Gasteiger partial charge in [-0.3, -0.25) is 4.90 Å². The normalized spacial score (nSPS) is 50.8. The predicted octanol–water partition coefficient (Wildman–Crippen LogP) is 1.69. The highest BCUT2D eigenvalue weighted by Gasteiger charge is 2.55. The fourth-order valence-electron chi connectivity index (χ4n) is 3.81. The van der Waals surface area contributed by atoms with E-state index in [1.807, 2.05) is 0 Å². The molecule has 2 saturated carbocycles. The molecule has 1 heterocycles. The van der Waals surface area contributed by atoms with Gasteiger partial charge in [-0.1, -0.05) is 0 Å². The molecule has 3 aliphatic rings. The lowest BCUT2D eigenvalue weighted by atomic mass is 9.77. The van der Waals surface area contributed by atoms with Crippen molar-refractivity contribution < 1.29 is 4.39 Å². The Balaban J connectivity index is 1.70. The summed E-state index contributed by atoms with van der Waals surface area (Å²) >= 11 is 0. The van der Waals surface area contributed by atoms with E-state index in [-0.39, 0.29) is 6.67 Å². The van der Waals surface area contributed by atoms with Gasteiger partial charge >= 0.3 is 0 Å². The average Bonchev–Trinajstić information content (AvgIpc) is 2.54. The lowest BCUT2D eigenvalue weighted by Crippen LogP contribution is -2.59. The lowest BCUT2D eigenvalue weighted by Gasteiger charge is -2.50. The van der Waals surface area contributed by atoms with Gasteiger partial charge in [-0.25, -0.2) is 4.39 Å². The molecule has 0 aromatic heterocycles. The maximum atomic E-state index is 12.1. The van der Waals surface area contributed by atoms with E-state index in [9.17, 15) is 4.39 Å². The molecule has 3 rings (SSSR count). The lowest BCUT2D eigenvalue weighted by molar-refractivity contribution is -0.0246. The van der Waals surface area contributed by atoms with Crippen LogP contribution in [0, 0.1) is 17.8 Å². The highest BCUT2D eigenvalue weighted by molar-refractivity contribution is 5.08. The van der Waals surface area contributed by atoms with Crippen LogP contribution in [0.4, 0.5) is 4.39 Å². The first-order valence-corrected chi connectivity index (χ1v) is 5.20. The maximum Gasteiger partial charge on any atom is 0.102 e. The minimum atomic E-state index is -0.152.